The van der Waals surface area contributed by atoms with E-state index in [2.05, 4.69) is 20.6 Å². The van der Waals surface area contributed by atoms with Crippen LogP contribution in [0.3, 0.4) is 0 Å². The van der Waals surface area contributed by atoms with Gasteiger partial charge in [0.05, 0.1) is 10.6 Å². The normalized spacial score (nSPS) is 12.2. The summed E-state index contributed by atoms with van der Waals surface area (Å²) in [5.41, 5.74) is -0.222. The SMILES string of the molecule is Cc1cc(NC(C)(C)C)nc(Nc2ccc(Cl)c(C(F)(F)F)c2)n1. The van der Waals surface area contributed by atoms with E-state index in [0.717, 1.165) is 6.07 Å². The lowest BCUT2D eigenvalue weighted by Crippen LogP contribution is -2.27. The fraction of sp³-hybridized carbons (Fsp3) is 0.375. The van der Waals surface area contributed by atoms with E-state index in [1.54, 1.807) is 13.0 Å². The zero-order chi connectivity index (χ0) is 18.1. The van der Waals surface area contributed by atoms with E-state index in [1.807, 2.05) is 20.8 Å². The molecule has 2 rings (SSSR count). The number of aromatic nitrogens is 2. The van der Waals surface area contributed by atoms with Gasteiger partial charge in [-0.15, -0.1) is 0 Å². The van der Waals surface area contributed by atoms with E-state index in [1.165, 1.54) is 12.1 Å². The summed E-state index contributed by atoms with van der Waals surface area (Å²) in [6, 6.07) is 5.33. The van der Waals surface area contributed by atoms with Crippen molar-refractivity contribution in [3.05, 3.63) is 40.5 Å². The fourth-order valence-corrected chi connectivity index (χ4v) is 2.25. The highest BCUT2D eigenvalue weighted by atomic mass is 35.5. The van der Waals surface area contributed by atoms with Crippen LogP contribution in [-0.4, -0.2) is 15.5 Å². The molecule has 130 valence electrons. The second-order valence-corrected chi connectivity index (χ2v) is 6.82. The maximum absolute atomic E-state index is 12.9. The number of benzene rings is 1. The first-order chi connectivity index (χ1) is 10.9. The Bertz CT molecular complexity index is 739. The van der Waals surface area contributed by atoms with Gasteiger partial charge in [0, 0.05) is 23.0 Å². The molecule has 0 amide bonds. The monoisotopic (exact) mass is 358 g/mol. The van der Waals surface area contributed by atoms with Crippen molar-refractivity contribution in [1.82, 2.24) is 9.97 Å². The lowest BCUT2D eigenvalue weighted by atomic mass is 10.1. The number of hydrogen-bond acceptors (Lipinski definition) is 4. The minimum atomic E-state index is -4.53. The topological polar surface area (TPSA) is 49.8 Å². The minimum absolute atomic E-state index is 0.206. The predicted octanol–water partition coefficient (Wildman–Crippen LogP) is 5.41. The fourth-order valence-electron chi connectivity index (χ4n) is 2.02. The van der Waals surface area contributed by atoms with Crippen LogP contribution in [0.2, 0.25) is 5.02 Å². The van der Waals surface area contributed by atoms with Crippen molar-refractivity contribution >= 4 is 29.1 Å². The molecule has 1 heterocycles. The van der Waals surface area contributed by atoms with Gasteiger partial charge in [0.2, 0.25) is 5.95 Å². The number of rotatable bonds is 3. The van der Waals surface area contributed by atoms with Crippen LogP contribution in [0.4, 0.5) is 30.6 Å². The molecule has 0 aliphatic carbocycles. The molecule has 0 spiro atoms. The summed E-state index contributed by atoms with van der Waals surface area (Å²) in [5.74, 6) is 0.791. The average molecular weight is 359 g/mol. The smallest absolute Gasteiger partial charge is 0.365 e. The Kier molecular flexibility index (Phi) is 4.94. The standard InChI is InChI=1S/C16H18ClF3N4/c1-9-7-13(24-15(2,3)4)23-14(21-9)22-10-5-6-12(17)11(8-10)16(18,19)20/h5-8H,1-4H3,(H2,21,22,23,24). The third kappa shape index (κ3) is 4.99. The van der Waals surface area contributed by atoms with Crippen LogP contribution in [-0.2, 0) is 6.18 Å². The van der Waals surface area contributed by atoms with Crippen LogP contribution < -0.4 is 10.6 Å². The molecule has 1 aromatic heterocycles. The van der Waals surface area contributed by atoms with Gasteiger partial charge in [-0.1, -0.05) is 11.6 Å². The van der Waals surface area contributed by atoms with E-state index in [9.17, 15) is 13.2 Å². The summed E-state index contributed by atoms with van der Waals surface area (Å²) < 4.78 is 38.8. The quantitative estimate of drug-likeness (QED) is 0.770. The molecular weight excluding hydrogens is 341 g/mol. The van der Waals surface area contributed by atoms with E-state index in [-0.39, 0.29) is 22.2 Å². The zero-order valence-electron chi connectivity index (χ0n) is 13.7. The largest absolute Gasteiger partial charge is 0.417 e. The summed E-state index contributed by atoms with van der Waals surface area (Å²) in [7, 11) is 0. The molecule has 8 heteroatoms. The van der Waals surface area contributed by atoms with Gasteiger partial charge in [-0.2, -0.15) is 18.2 Å². The first-order valence-corrected chi connectivity index (χ1v) is 7.59. The molecular formula is C16H18ClF3N4. The Morgan fingerprint density at radius 2 is 1.71 bits per heavy atom. The predicted molar refractivity (Wildman–Crippen MR) is 89.9 cm³/mol. The van der Waals surface area contributed by atoms with E-state index in [0.29, 0.717) is 11.5 Å². The van der Waals surface area contributed by atoms with E-state index in [4.69, 9.17) is 11.6 Å². The summed E-state index contributed by atoms with van der Waals surface area (Å²) in [6.45, 7) is 7.72. The maximum Gasteiger partial charge on any atom is 0.417 e. The number of hydrogen-bond donors (Lipinski definition) is 2. The molecule has 0 unspecified atom stereocenters. The summed E-state index contributed by atoms with van der Waals surface area (Å²) >= 11 is 5.62. The van der Waals surface area contributed by atoms with Crippen molar-refractivity contribution in [2.24, 2.45) is 0 Å². The Balaban J connectivity index is 2.31. The molecule has 0 aliphatic heterocycles. The van der Waals surface area contributed by atoms with E-state index < -0.39 is 11.7 Å². The lowest BCUT2D eigenvalue weighted by molar-refractivity contribution is -0.137. The molecule has 0 saturated heterocycles. The molecule has 0 bridgehead atoms. The van der Waals surface area contributed by atoms with Gasteiger partial charge in [-0.05, 0) is 45.9 Å². The number of anilines is 3. The molecule has 0 fully saturated rings. The number of aryl methyl sites for hydroxylation is 1. The van der Waals surface area contributed by atoms with Gasteiger partial charge in [-0.25, -0.2) is 4.98 Å². The van der Waals surface area contributed by atoms with Gasteiger partial charge in [-0.3, -0.25) is 0 Å². The number of alkyl halides is 3. The van der Waals surface area contributed by atoms with Crippen LogP contribution in [0.25, 0.3) is 0 Å². The molecule has 4 nitrogen and oxygen atoms in total. The zero-order valence-corrected chi connectivity index (χ0v) is 14.5. The molecule has 1 aromatic carbocycles. The summed E-state index contributed by atoms with van der Waals surface area (Å²) in [5, 5.41) is 5.64. The molecule has 24 heavy (non-hydrogen) atoms. The number of nitrogens with one attached hydrogen (secondary N) is 2. The van der Waals surface area contributed by atoms with Gasteiger partial charge in [0.15, 0.2) is 0 Å². The minimum Gasteiger partial charge on any atom is -0.365 e. The van der Waals surface area contributed by atoms with Crippen molar-refractivity contribution in [3.63, 3.8) is 0 Å². The van der Waals surface area contributed by atoms with Crippen molar-refractivity contribution in [3.8, 4) is 0 Å². The van der Waals surface area contributed by atoms with Crippen LogP contribution in [0.5, 0.6) is 0 Å². The maximum atomic E-state index is 12.9. The van der Waals surface area contributed by atoms with Crippen molar-refractivity contribution in [2.45, 2.75) is 39.4 Å². The first-order valence-electron chi connectivity index (χ1n) is 7.22. The Morgan fingerprint density at radius 3 is 2.29 bits per heavy atom. The van der Waals surface area contributed by atoms with Crippen molar-refractivity contribution < 1.29 is 13.2 Å². The van der Waals surface area contributed by atoms with Gasteiger partial charge in [0.25, 0.3) is 0 Å². The Morgan fingerprint density at radius 1 is 1.04 bits per heavy atom. The molecule has 0 atom stereocenters. The third-order valence-corrected chi connectivity index (χ3v) is 3.21. The highest BCUT2D eigenvalue weighted by Gasteiger charge is 2.33. The van der Waals surface area contributed by atoms with Gasteiger partial charge in [0.1, 0.15) is 5.82 Å². The highest BCUT2D eigenvalue weighted by Crippen LogP contribution is 2.36. The average Bonchev–Trinajstić information content (AvgIpc) is 2.37. The Labute approximate surface area is 143 Å². The number of halogens is 4. The summed E-state index contributed by atoms with van der Waals surface area (Å²) in [6.07, 6.45) is -4.53. The Hall–Kier alpha value is -2.02. The molecule has 0 saturated carbocycles. The van der Waals surface area contributed by atoms with Crippen molar-refractivity contribution in [2.75, 3.05) is 10.6 Å². The van der Waals surface area contributed by atoms with Crippen LogP contribution in [0, 0.1) is 6.92 Å². The summed E-state index contributed by atoms with van der Waals surface area (Å²) in [4.78, 5) is 8.48. The van der Waals surface area contributed by atoms with Gasteiger partial charge >= 0.3 is 6.18 Å². The highest BCUT2D eigenvalue weighted by molar-refractivity contribution is 6.31. The molecule has 2 N–H and O–H groups in total. The van der Waals surface area contributed by atoms with Crippen molar-refractivity contribution in [1.29, 1.82) is 0 Å². The first kappa shape index (κ1) is 18.3. The second-order valence-electron chi connectivity index (χ2n) is 6.41. The molecule has 0 radical (unpaired) electrons. The molecule has 2 aromatic rings. The van der Waals surface area contributed by atoms with Crippen LogP contribution in [0.1, 0.15) is 32.0 Å². The third-order valence-electron chi connectivity index (χ3n) is 2.89. The second kappa shape index (κ2) is 6.47. The van der Waals surface area contributed by atoms with Crippen LogP contribution >= 0.6 is 11.6 Å². The number of nitrogens with zero attached hydrogens (tertiary/aromatic N) is 2. The van der Waals surface area contributed by atoms with Crippen LogP contribution in [0.15, 0.2) is 24.3 Å². The van der Waals surface area contributed by atoms with Gasteiger partial charge < -0.3 is 10.6 Å². The lowest BCUT2D eigenvalue weighted by Gasteiger charge is -2.21. The van der Waals surface area contributed by atoms with E-state index >= 15 is 0 Å². The molecule has 0 aliphatic rings.